The third-order valence-electron chi connectivity index (χ3n) is 2.51. The number of benzene rings is 1. The van der Waals surface area contributed by atoms with E-state index in [4.69, 9.17) is 0 Å². The molecule has 0 aromatic heterocycles. The van der Waals surface area contributed by atoms with Gasteiger partial charge in [-0.25, -0.2) is 0 Å². The molecule has 0 aliphatic carbocycles. The maximum atomic E-state index is 3.57. The van der Waals surface area contributed by atoms with E-state index in [0.717, 1.165) is 0 Å². The van der Waals surface area contributed by atoms with Crippen molar-refractivity contribution in [3.8, 4) is 0 Å². The zero-order valence-electron chi connectivity index (χ0n) is 12.0. The lowest BCUT2D eigenvalue weighted by Crippen LogP contribution is -2.08. The van der Waals surface area contributed by atoms with Gasteiger partial charge < -0.3 is 0 Å². The van der Waals surface area contributed by atoms with E-state index in [2.05, 4.69) is 102 Å². The minimum absolute atomic E-state index is 0.186. The molecule has 0 radical (unpaired) electrons. The highest BCUT2D eigenvalue weighted by molar-refractivity contribution is 9.40. The van der Waals surface area contributed by atoms with Crippen LogP contribution < -0.4 is 0 Å². The number of alkyl halides is 4. The lowest BCUT2D eigenvalue weighted by molar-refractivity contribution is 0.812. The Balaban J connectivity index is 0.000000396. The molecule has 0 amide bonds. The van der Waals surface area contributed by atoms with Crippen molar-refractivity contribution in [1.29, 1.82) is 0 Å². The summed E-state index contributed by atoms with van der Waals surface area (Å²) in [5.74, 6) is 0. The summed E-state index contributed by atoms with van der Waals surface area (Å²) in [6.45, 7) is 4.39. The van der Waals surface area contributed by atoms with Crippen LogP contribution in [0.5, 0.6) is 0 Å². The maximum absolute atomic E-state index is 3.57. The average molecular weight is 534 g/mol. The largest absolute Gasteiger partial charge is 0.151 e. The summed E-state index contributed by atoms with van der Waals surface area (Å²) in [7, 11) is 0. The molecule has 1 atom stereocenters. The van der Waals surface area contributed by atoms with Crippen molar-refractivity contribution < 1.29 is 0 Å². The lowest BCUT2D eigenvalue weighted by Gasteiger charge is -2.19. The van der Waals surface area contributed by atoms with Crippen LogP contribution in [0.25, 0.3) is 0 Å². The van der Waals surface area contributed by atoms with Gasteiger partial charge in [0.05, 0.1) is 4.83 Å². The first kappa shape index (κ1) is 20.9. The molecule has 0 aliphatic heterocycles. The van der Waals surface area contributed by atoms with Crippen LogP contribution in [0, 0.1) is 0 Å². The number of halogens is 4. The van der Waals surface area contributed by atoms with Gasteiger partial charge in [-0.05, 0) is 18.4 Å². The van der Waals surface area contributed by atoms with Crippen molar-refractivity contribution in [3.05, 3.63) is 48.0 Å². The highest BCUT2D eigenvalue weighted by Gasteiger charge is 2.29. The fraction of sp³-hybridized carbons (Fsp3) is 0.500. The van der Waals surface area contributed by atoms with E-state index in [0.29, 0.717) is 0 Å². The Morgan fingerprint density at radius 1 is 1.05 bits per heavy atom. The third-order valence-corrected chi connectivity index (χ3v) is 6.94. The summed E-state index contributed by atoms with van der Waals surface area (Å²) >= 11 is 14.0. The molecule has 1 aromatic rings. The second kappa shape index (κ2) is 12.4. The maximum Gasteiger partial charge on any atom is 0.151 e. The Morgan fingerprint density at radius 2 is 1.65 bits per heavy atom. The second-order valence-electron chi connectivity index (χ2n) is 4.34. The molecule has 0 nitrogen and oxygen atoms in total. The Morgan fingerprint density at radius 3 is 2.10 bits per heavy atom. The third kappa shape index (κ3) is 10.6. The topological polar surface area (TPSA) is 0 Å². The molecule has 1 rings (SSSR count). The number of rotatable bonds is 5. The molecule has 114 valence electrons. The Bertz CT molecular complexity index is 354. The zero-order valence-corrected chi connectivity index (χ0v) is 18.3. The van der Waals surface area contributed by atoms with E-state index >= 15 is 0 Å². The van der Waals surface area contributed by atoms with Gasteiger partial charge in [0, 0.05) is 0 Å². The first-order valence-electron chi connectivity index (χ1n) is 6.84. The van der Waals surface area contributed by atoms with Crippen molar-refractivity contribution in [1.82, 2.24) is 0 Å². The van der Waals surface area contributed by atoms with Crippen LogP contribution in [-0.2, 0) is 0 Å². The van der Waals surface area contributed by atoms with E-state index in [9.17, 15) is 0 Å². The molecular formula is C16H22Br4. The van der Waals surface area contributed by atoms with Gasteiger partial charge in [0.25, 0.3) is 0 Å². The fourth-order valence-electron chi connectivity index (χ4n) is 1.42. The molecule has 0 bridgehead atoms. The van der Waals surface area contributed by atoms with E-state index in [-0.39, 0.29) is 6.97 Å². The predicted molar refractivity (Wildman–Crippen MR) is 107 cm³/mol. The molecule has 4 heteroatoms. The average Bonchev–Trinajstić information content (AvgIpc) is 2.43. The molecule has 0 spiro atoms. The number of allylic oxidation sites excluding steroid dienone is 2. The highest BCUT2D eigenvalue weighted by atomic mass is 80.0. The van der Waals surface area contributed by atoms with Gasteiger partial charge in [-0.2, -0.15) is 0 Å². The fourth-order valence-corrected chi connectivity index (χ4v) is 2.52. The second-order valence-corrected chi connectivity index (χ2v) is 12.2. The van der Waals surface area contributed by atoms with E-state index in [1.165, 1.54) is 31.2 Å². The molecule has 20 heavy (non-hydrogen) atoms. The van der Waals surface area contributed by atoms with Gasteiger partial charge in [0.1, 0.15) is 0 Å². The normalized spacial score (nSPS) is 12.9. The Kier molecular flexibility index (Phi) is 13.0. The summed E-state index contributed by atoms with van der Waals surface area (Å²) in [6, 6.07) is 10.2. The first-order chi connectivity index (χ1) is 9.43. The number of unbranched alkanes of at least 4 members (excludes halogenated alkanes) is 2. The van der Waals surface area contributed by atoms with Gasteiger partial charge in [-0.3, -0.25) is 0 Å². The molecule has 1 unspecified atom stereocenters. The summed E-state index contributed by atoms with van der Waals surface area (Å²) in [6.07, 6.45) is 9.61. The first-order valence-corrected chi connectivity index (χ1v) is 10.1. The van der Waals surface area contributed by atoms with Gasteiger partial charge >= 0.3 is 0 Å². The molecular weight excluding hydrogens is 512 g/mol. The minimum Gasteiger partial charge on any atom is -0.0888 e. The summed E-state index contributed by atoms with van der Waals surface area (Å²) in [5, 5.41) is 0. The molecule has 0 heterocycles. The van der Waals surface area contributed by atoms with E-state index < -0.39 is 0 Å². The highest BCUT2D eigenvalue weighted by Crippen LogP contribution is 2.49. The van der Waals surface area contributed by atoms with Crippen LogP contribution in [-0.4, -0.2) is 2.14 Å². The van der Waals surface area contributed by atoms with Gasteiger partial charge in [-0.1, -0.05) is 133 Å². The van der Waals surface area contributed by atoms with Crippen LogP contribution in [0.4, 0.5) is 0 Å². The van der Waals surface area contributed by atoms with Crippen molar-refractivity contribution in [2.75, 3.05) is 0 Å². The molecule has 0 aliphatic rings. The molecule has 0 N–H and O–H groups in total. The summed E-state index contributed by atoms with van der Waals surface area (Å²) in [4.78, 5) is 0.186. The van der Waals surface area contributed by atoms with Crippen LogP contribution in [0.1, 0.15) is 49.9 Å². The quantitative estimate of drug-likeness (QED) is 0.204. The van der Waals surface area contributed by atoms with Crippen LogP contribution >= 0.6 is 63.7 Å². The molecule has 1 aromatic carbocycles. The zero-order chi connectivity index (χ0) is 15.4. The standard InChI is InChI=1S/C8H6Br4.C8H16/c9-7(8(10,11)12)6-4-2-1-3-5-6;1-3-5-7-8-6-4-2/h1-5,7H;5,7H,3-4,6,8H2,1-2H3. The summed E-state index contributed by atoms with van der Waals surface area (Å²) in [5.41, 5.74) is 1.21. The van der Waals surface area contributed by atoms with E-state index in [1.807, 2.05) is 18.2 Å². The molecule has 0 fully saturated rings. The van der Waals surface area contributed by atoms with Crippen LogP contribution in [0.3, 0.4) is 0 Å². The Hall–Kier alpha value is 0.880. The van der Waals surface area contributed by atoms with Crippen molar-refractivity contribution >= 4 is 63.7 Å². The number of hydrogen-bond donors (Lipinski definition) is 0. The van der Waals surface area contributed by atoms with Gasteiger partial charge in [-0.15, -0.1) is 0 Å². The van der Waals surface area contributed by atoms with Crippen molar-refractivity contribution in [2.24, 2.45) is 0 Å². The van der Waals surface area contributed by atoms with Gasteiger partial charge in [0.15, 0.2) is 2.14 Å². The lowest BCUT2D eigenvalue weighted by atomic mass is 10.2. The van der Waals surface area contributed by atoms with Crippen molar-refractivity contribution in [2.45, 2.75) is 46.5 Å². The van der Waals surface area contributed by atoms with Gasteiger partial charge in [0.2, 0.25) is 0 Å². The minimum atomic E-state index is -0.283. The van der Waals surface area contributed by atoms with E-state index in [1.54, 1.807) is 0 Å². The SMILES string of the molecule is BrC(c1ccccc1)C(Br)(Br)Br.CCC=CCCCC. The van der Waals surface area contributed by atoms with Crippen LogP contribution in [0.2, 0.25) is 0 Å². The molecule has 0 saturated carbocycles. The monoisotopic (exact) mass is 530 g/mol. The molecule has 0 saturated heterocycles. The number of hydrogen-bond acceptors (Lipinski definition) is 0. The van der Waals surface area contributed by atoms with Crippen molar-refractivity contribution in [3.63, 3.8) is 0 Å². The van der Waals surface area contributed by atoms with Crippen LogP contribution in [0.15, 0.2) is 42.5 Å². The predicted octanol–water partition coefficient (Wildman–Crippen LogP) is 8.10. The smallest absolute Gasteiger partial charge is 0.0888 e. The summed E-state index contributed by atoms with van der Waals surface area (Å²) < 4.78 is -0.283. The Labute approximate surface area is 157 Å².